The van der Waals surface area contributed by atoms with Crippen molar-refractivity contribution in [2.45, 2.75) is 25.8 Å². The minimum Gasteiger partial charge on any atom is -0.479 e. The number of carboxylic acids is 1. The number of nitrogen functional groups attached to an aromatic ring is 1. The number of aliphatic carboxylic acids is 1. The molecule has 2 heterocycles. The second-order valence-electron chi connectivity index (χ2n) is 5.90. The zero-order valence-corrected chi connectivity index (χ0v) is 14.3. The molecule has 0 unspecified atom stereocenters. The molecule has 1 aromatic heterocycles. The van der Waals surface area contributed by atoms with Gasteiger partial charge in [-0.05, 0) is 13.8 Å². The highest BCUT2D eigenvalue weighted by molar-refractivity contribution is 7.18. The molecular weight excluding hydrogens is 336 g/mol. The van der Waals surface area contributed by atoms with Gasteiger partial charge in [0.1, 0.15) is 0 Å². The molecule has 1 saturated heterocycles. The molecule has 1 fully saturated rings. The van der Waals surface area contributed by atoms with Gasteiger partial charge in [0.05, 0.1) is 10.8 Å². The number of rotatable bonds is 7. The van der Waals surface area contributed by atoms with Crippen LogP contribution in [0.1, 0.15) is 25.1 Å². The smallest absolute Gasteiger partial charge is 0.344 e. The zero-order valence-electron chi connectivity index (χ0n) is 13.5. The molecular formula is C14H18N4O5S. The highest BCUT2D eigenvalue weighted by Gasteiger charge is 2.52. The number of aromatic nitrogens is 1. The molecule has 0 aromatic carbocycles. The van der Waals surface area contributed by atoms with Crippen LogP contribution in [-0.4, -0.2) is 57.6 Å². The van der Waals surface area contributed by atoms with Crippen molar-refractivity contribution in [2.24, 2.45) is 11.1 Å². The van der Waals surface area contributed by atoms with Crippen LogP contribution in [0.15, 0.2) is 11.4 Å². The number of oxime groups is 1. The van der Waals surface area contributed by atoms with Gasteiger partial charge < -0.3 is 20.6 Å². The summed E-state index contributed by atoms with van der Waals surface area (Å²) in [6.45, 7) is 3.06. The molecule has 1 amide bonds. The van der Waals surface area contributed by atoms with Crippen molar-refractivity contribution in [3.05, 3.63) is 11.1 Å². The minimum atomic E-state index is -1.22. The van der Waals surface area contributed by atoms with Gasteiger partial charge in [0, 0.05) is 25.2 Å². The topological polar surface area (TPSA) is 135 Å². The standard InChI is InChI=1S/C14H18N4O5S/c1-14(2)7(12(22)18(14)3)4-8(19)11(17-23-6-10(20)21)9-5-16-13(15)24-9/h5,7H,4,6H2,1-3H3,(H2,15,16)(H,20,21)/b17-11+/t7-/m1/s1. The van der Waals surface area contributed by atoms with Gasteiger partial charge in [-0.1, -0.05) is 16.5 Å². The van der Waals surface area contributed by atoms with E-state index in [9.17, 15) is 14.4 Å². The van der Waals surface area contributed by atoms with E-state index in [1.54, 1.807) is 11.9 Å². The first-order chi connectivity index (χ1) is 11.1. The van der Waals surface area contributed by atoms with Gasteiger partial charge in [-0.3, -0.25) is 9.59 Å². The van der Waals surface area contributed by atoms with Crippen LogP contribution in [0.2, 0.25) is 0 Å². The van der Waals surface area contributed by atoms with Crippen LogP contribution in [0.3, 0.4) is 0 Å². The average Bonchev–Trinajstić information content (AvgIpc) is 2.93. The maximum Gasteiger partial charge on any atom is 0.344 e. The molecule has 3 N–H and O–H groups in total. The van der Waals surface area contributed by atoms with Crippen molar-refractivity contribution in [1.82, 2.24) is 9.88 Å². The van der Waals surface area contributed by atoms with Gasteiger partial charge >= 0.3 is 5.97 Å². The molecule has 0 bridgehead atoms. The number of thiazole rings is 1. The Labute approximate surface area is 142 Å². The number of Topliss-reactive ketones (excluding diaryl/α,β-unsaturated/α-hetero) is 1. The van der Waals surface area contributed by atoms with E-state index in [0.29, 0.717) is 4.88 Å². The van der Waals surface area contributed by atoms with E-state index in [0.717, 1.165) is 11.3 Å². The lowest BCUT2D eigenvalue weighted by Crippen LogP contribution is -2.66. The first kappa shape index (κ1) is 17.9. The van der Waals surface area contributed by atoms with E-state index in [-0.39, 0.29) is 23.2 Å². The third-order valence-corrected chi connectivity index (χ3v) is 4.93. The Morgan fingerprint density at radius 1 is 1.54 bits per heavy atom. The molecule has 0 aliphatic carbocycles. The Morgan fingerprint density at radius 3 is 2.71 bits per heavy atom. The molecule has 1 aromatic rings. The summed E-state index contributed by atoms with van der Waals surface area (Å²) >= 11 is 1.03. The molecule has 1 aliphatic heterocycles. The Bertz CT molecular complexity index is 712. The number of carbonyl (C=O) groups is 3. The third kappa shape index (κ3) is 3.37. The number of amides is 1. The highest BCUT2D eigenvalue weighted by atomic mass is 32.1. The van der Waals surface area contributed by atoms with Crippen molar-refractivity contribution >= 4 is 39.8 Å². The first-order valence-corrected chi connectivity index (χ1v) is 7.90. The summed E-state index contributed by atoms with van der Waals surface area (Å²) in [7, 11) is 1.68. The monoisotopic (exact) mass is 354 g/mol. The quantitative estimate of drug-likeness (QED) is 0.410. The van der Waals surface area contributed by atoms with E-state index >= 15 is 0 Å². The van der Waals surface area contributed by atoms with Crippen LogP contribution in [-0.2, 0) is 19.2 Å². The summed E-state index contributed by atoms with van der Waals surface area (Å²) in [5.74, 6) is -2.23. The Hall–Kier alpha value is -2.49. The lowest BCUT2D eigenvalue weighted by atomic mass is 9.73. The van der Waals surface area contributed by atoms with Crippen molar-refractivity contribution < 1.29 is 24.3 Å². The lowest BCUT2D eigenvalue weighted by molar-refractivity contribution is -0.164. The van der Waals surface area contributed by atoms with E-state index < -0.39 is 29.8 Å². The maximum atomic E-state index is 12.6. The number of carboxylic acid groups (broad SMARTS) is 1. The van der Waals surface area contributed by atoms with Gasteiger partial charge in [-0.2, -0.15) is 0 Å². The molecule has 1 atom stereocenters. The summed E-state index contributed by atoms with van der Waals surface area (Å²) in [5, 5.41) is 12.5. The normalized spacial score (nSPS) is 19.8. The number of nitrogens with two attached hydrogens (primary N) is 1. The number of likely N-dealkylation sites (tertiary alicyclic amines) is 1. The van der Waals surface area contributed by atoms with Crippen LogP contribution in [0.25, 0.3) is 0 Å². The number of hydrogen-bond donors (Lipinski definition) is 2. The number of ketones is 1. The molecule has 2 rings (SSSR count). The number of β-lactam (4-membered cyclic amide) rings is 1. The van der Waals surface area contributed by atoms with Crippen molar-refractivity contribution in [3.8, 4) is 0 Å². The number of carbonyl (C=O) groups excluding carboxylic acids is 2. The van der Waals surface area contributed by atoms with E-state index in [1.807, 2.05) is 13.8 Å². The van der Waals surface area contributed by atoms with Crippen molar-refractivity contribution in [2.75, 3.05) is 19.4 Å². The highest BCUT2D eigenvalue weighted by Crippen LogP contribution is 2.38. The van der Waals surface area contributed by atoms with E-state index in [1.165, 1.54) is 6.20 Å². The van der Waals surface area contributed by atoms with Gasteiger partial charge in [0.15, 0.2) is 16.6 Å². The molecule has 130 valence electrons. The van der Waals surface area contributed by atoms with Crippen LogP contribution >= 0.6 is 11.3 Å². The van der Waals surface area contributed by atoms with Gasteiger partial charge in [-0.15, -0.1) is 0 Å². The molecule has 1 aliphatic rings. The fraction of sp³-hybridized carbons (Fsp3) is 0.500. The predicted octanol–water partition coefficient (Wildman–Crippen LogP) is 0.357. The third-order valence-electron chi connectivity index (χ3n) is 4.10. The summed E-state index contributed by atoms with van der Waals surface area (Å²) in [4.78, 5) is 45.6. The van der Waals surface area contributed by atoms with Crippen LogP contribution in [0.5, 0.6) is 0 Å². The van der Waals surface area contributed by atoms with Gasteiger partial charge in [-0.25, -0.2) is 9.78 Å². The molecule has 0 spiro atoms. The zero-order chi connectivity index (χ0) is 18.1. The van der Waals surface area contributed by atoms with Crippen LogP contribution in [0, 0.1) is 5.92 Å². The van der Waals surface area contributed by atoms with Crippen molar-refractivity contribution in [3.63, 3.8) is 0 Å². The second-order valence-corrected chi connectivity index (χ2v) is 6.96. The summed E-state index contributed by atoms with van der Waals surface area (Å²) in [6, 6.07) is 0. The Kier molecular flexibility index (Phi) is 4.88. The molecule has 10 heteroatoms. The first-order valence-electron chi connectivity index (χ1n) is 7.09. The largest absolute Gasteiger partial charge is 0.479 e. The van der Waals surface area contributed by atoms with Crippen molar-refractivity contribution in [1.29, 1.82) is 0 Å². The molecule has 0 radical (unpaired) electrons. The fourth-order valence-electron chi connectivity index (χ4n) is 2.39. The van der Waals surface area contributed by atoms with Crippen LogP contribution < -0.4 is 5.73 Å². The van der Waals surface area contributed by atoms with Crippen LogP contribution in [0.4, 0.5) is 5.13 Å². The summed E-state index contributed by atoms with van der Waals surface area (Å²) in [5.41, 5.74) is 5.04. The molecule has 0 saturated carbocycles. The fourth-order valence-corrected chi connectivity index (χ4v) is 3.07. The van der Waals surface area contributed by atoms with E-state index in [2.05, 4.69) is 15.0 Å². The number of hydrogen-bond acceptors (Lipinski definition) is 8. The Morgan fingerprint density at radius 2 is 2.21 bits per heavy atom. The number of anilines is 1. The minimum absolute atomic E-state index is 0.0523. The summed E-state index contributed by atoms with van der Waals surface area (Å²) < 4.78 is 0. The Balaban J connectivity index is 2.19. The lowest BCUT2D eigenvalue weighted by Gasteiger charge is -2.52. The van der Waals surface area contributed by atoms with Gasteiger partial charge in [0.2, 0.25) is 12.5 Å². The second kappa shape index (κ2) is 6.56. The molecule has 24 heavy (non-hydrogen) atoms. The molecule has 9 nitrogen and oxygen atoms in total. The average molecular weight is 354 g/mol. The summed E-state index contributed by atoms with van der Waals surface area (Å²) in [6.07, 6.45) is 1.31. The SMILES string of the molecule is CN1C(=O)[C@@H](CC(=O)/C(=N\OCC(=O)O)c2cnc(N)s2)C1(C)C. The van der Waals surface area contributed by atoms with Gasteiger partial charge in [0.25, 0.3) is 0 Å². The van der Waals surface area contributed by atoms with E-state index in [4.69, 9.17) is 10.8 Å². The maximum absolute atomic E-state index is 12.6. The predicted molar refractivity (Wildman–Crippen MR) is 86.6 cm³/mol. The number of nitrogens with zero attached hydrogens (tertiary/aromatic N) is 3.